The van der Waals surface area contributed by atoms with Gasteiger partial charge in [-0.1, -0.05) is 42.5 Å². The van der Waals surface area contributed by atoms with Crippen LogP contribution in [0.2, 0.25) is 0 Å². The quantitative estimate of drug-likeness (QED) is 0.541. The number of ether oxygens (including phenoxy) is 3. The molecule has 0 amide bonds. The summed E-state index contributed by atoms with van der Waals surface area (Å²) in [5.74, 6) is 0.954. The average molecular weight is 392 g/mol. The van der Waals surface area contributed by atoms with Crippen molar-refractivity contribution in [3.8, 4) is 17.2 Å². The molecule has 4 rings (SSSR count). The number of Topliss-reactive ketones (excluding diaryl/α,β-unsaturated/α-hetero) is 1. The van der Waals surface area contributed by atoms with Crippen LogP contribution in [0.4, 0.5) is 0 Å². The molecule has 1 aliphatic rings. The van der Waals surface area contributed by atoms with Gasteiger partial charge in [0.1, 0.15) is 22.8 Å². The van der Waals surface area contributed by atoms with Crippen molar-refractivity contribution in [3.63, 3.8) is 0 Å². The highest BCUT2D eigenvalue weighted by Crippen LogP contribution is 2.53. The Morgan fingerprint density at radius 1 is 1.11 bits per heavy atom. The summed E-state index contributed by atoms with van der Waals surface area (Å²) in [5.41, 5.74) is -0.0541. The summed E-state index contributed by atoms with van der Waals surface area (Å²) in [6.45, 7) is 4.02. The van der Waals surface area contributed by atoms with Crippen LogP contribution in [0, 0.1) is 0 Å². The second kappa shape index (κ2) is 7.17. The lowest BCUT2D eigenvalue weighted by Gasteiger charge is -2.33. The molecule has 4 nitrogen and oxygen atoms in total. The van der Waals surface area contributed by atoms with E-state index in [2.05, 4.69) is 6.58 Å². The monoisotopic (exact) mass is 392 g/mol. The Morgan fingerprint density at radius 3 is 2.50 bits per heavy atom. The molecule has 2 aromatic carbocycles. The van der Waals surface area contributed by atoms with Gasteiger partial charge in [0, 0.05) is 22.6 Å². The minimum atomic E-state index is -1.25. The van der Waals surface area contributed by atoms with Gasteiger partial charge < -0.3 is 14.2 Å². The lowest BCUT2D eigenvalue weighted by molar-refractivity contribution is 0.0491. The largest absolute Gasteiger partial charge is 0.496 e. The van der Waals surface area contributed by atoms with Crippen molar-refractivity contribution >= 4 is 17.1 Å². The van der Waals surface area contributed by atoms with E-state index in [9.17, 15) is 4.79 Å². The van der Waals surface area contributed by atoms with Crippen LogP contribution >= 0.6 is 11.3 Å². The fourth-order valence-electron chi connectivity index (χ4n) is 3.77. The molecule has 0 N–H and O–H groups in total. The second-order valence-corrected chi connectivity index (χ2v) is 7.44. The van der Waals surface area contributed by atoms with Gasteiger partial charge >= 0.3 is 0 Å². The first-order chi connectivity index (χ1) is 13.7. The molecule has 0 radical (unpaired) electrons. The maximum absolute atomic E-state index is 13.9. The summed E-state index contributed by atoms with van der Waals surface area (Å²) in [6.07, 6.45) is 1.78. The highest BCUT2D eigenvalue weighted by atomic mass is 32.1. The zero-order chi connectivity index (χ0) is 19.7. The van der Waals surface area contributed by atoms with Crippen LogP contribution in [0.3, 0.4) is 0 Å². The van der Waals surface area contributed by atoms with Crippen LogP contribution < -0.4 is 14.2 Å². The standard InChI is InChI=1S/C23H20O4S/c1-4-17(20-11-8-12-28-20)23(15-9-6-5-7-10-15)22(24)21-18(26-3)13-16(25-2)14-19(21)27-23/h4-14,17H,1H2,2-3H3/t17-,23-/m0/s1. The highest BCUT2D eigenvalue weighted by Gasteiger charge is 2.56. The molecule has 0 spiro atoms. The fraction of sp³-hybridized carbons (Fsp3) is 0.174. The van der Waals surface area contributed by atoms with E-state index < -0.39 is 5.60 Å². The molecule has 28 heavy (non-hydrogen) atoms. The normalized spacial score (nSPS) is 18.9. The SMILES string of the molecule is C=C[C@@H](c1cccs1)[C@]1(c2ccccc2)Oc2cc(OC)cc(OC)c2C1=O. The lowest BCUT2D eigenvalue weighted by Crippen LogP contribution is -2.42. The van der Waals surface area contributed by atoms with Crippen LogP contribution in [-0.4, -0.2) is 20.0 Å². The van der Waals surface area contributed by atoms with Gasteiger partial charge in [0.05, 0.1) is 20.1 Å². The number of benzene rings is 2. The molecule has 1 aromatic heterocycles. The zero-order valence-electron chi connectivity index (χ0n) is 15.7. The number of rotatable bonds is 6. The summed E-state index contributed by atoms with van der Waals surface area (Å²) < 4.78 is 17.3. The average Bonchev–Trinajstić information content (AvgIpc) is 3.36. The Morgan fingerprint density at radius 2 is 1.89 bits per heavy atom. The van der Waals surface area contributed by atoms with Crippen LogP contribution in [0.25, 0.3) is 0 Å². The smallest absolute Gasteiger partial charge is 0.219 e. The molecule has 2 heterocycles. The number of carbonyl (C=O) groups excluding carboxylic acids is 1. The highest BCUT2D eigenvalue weighted by molar-refractivity contribution is 7.10. The molecular formula is C23H20O4S. The number of carbonyl (C=O) groups is 1. The minimum absolute atomic E-state index is 0.147. The lowest BCUT2D eigenvalue weighted by atomic mass is 9.76. The maximum Gasteiger partial charge on any atom is 0.219 e. The molecular weight excluding hydrogens is 372 g/mol. The minimum Gasteiger partial charge on any atom is -0.496 e. The van der Waals surface area contributed by atoms with E-state index >= 15 is 0 Å². The van der Waals surface area contributed by atoms with E-state index in [4.69, 9.17) is 14.2 Å². The third-order valence-corrected chi connectivity index (χ3v) is 6.01. The van der Waals surface area contributed by atoms with Gasteiger partial charge in [-0.2, -0.15) is 0 Å². The van der Waals surface area contributed by atoms with Gasteiger partial charge in [-0.15, -0.1) is 17.9 Å². The van der Waals surface area contributed by atoms with Gasteiger partial charge in [0.25, 0.3) is 0 Å². The molecule has 0 saturated carbocycles. The van der Waals surface area contributed by atoms with Gasteiger partial charge in [-0.25, -0.2) is 0 Å². The molecule has 3 aromatic rings. The van der Waals surface area contributed by atoms with E-state index in [0.717, 1.165) is 10.4 Å². The number of thiophene rings is 1. The first-order valence-electron chi connectivity index (χ1n) is 8.87. The summed E-state index contributed by atoms with van der Waals surface area (Å²) in [4.78, 5) is 14.9. The Kier molecular flexibility index (Phi) is 4.69. The molecule has 0 saturated heterocycles. The third kappa shape index (κ3) is 2.62. The van der Waals surface area contributed by atoms with Crippen molar-refractivity contribution in [1.82, 2.24) is 0 Å². The number of methoxy groups -OCH3 is 2. The summed E-state index contributed by atoms with van der Waals surface area (Å²) >= 11 is 1.57. The number of hydrogen-bond donors (Lipinski definition) is 0. The van der Waals surface area contributed by atoms with Gasteiger partial charge in [-0.3, -0.25) is 4.79 Å². The van der Waals surface area contributed by atoms with Crippen LogP contribution in [0.5, 0.6) is 17.2 Å². The molecule has 0 unspecified atom stereocenters. The molecule has 0 bridgehead atoms. The van der Waals surface area contributed by atoms with E-state index in [-0.39, 0.29) is 11.7 Å². The Bertz CT molecular complexity index is 1010. The fourth-order valence-corrected chi connectivity index (χ4v) is 4.65. The first-order valence-corrected chi connectivity index (χ1v) is 9.75. The van der Waals surface area contributed by atoms with E-state index in [0.29, 0.717) is 22.8 Å². The summed E-state index contributed by atoms with van der Waals surface area (Å²) in [5, 5.41) is 1.99. The van der Waals surface area contributed by atoms with Crippen molar-refractivity contribution in [1.29, 1.82) is 0 Å². The van der Waals surface area contributed by atoms with Crippen molar-refractivity contribution < 1.29 is 19.0 Å². The van der Waals surface area contributed by atoms with Crippen LogP contribution in [0.15, 0.2) is 72.6 Å². The molecule has 142 valence electrons. The van der Waals surface area contributed by atoms with E-state index in [1.54, 1.807) is 36.7 Å². The molecule has 0 aliphatic carbocycles. The Hall–Kier alpha value is -3.05. The number of ketones is 1. The first kappa shape index (κ1) is 18.3. The molecule has 2 atom stereocenters. The predicted molar refractivity (Wildman–Crippen MR) is 110 cm³/mol. The second-order valence-electron chi connectivity index (χ2n) is 6.46. The maximum atomic E-state index is 13.9. The van der Waals surface area contributed by atoms with Crippen LogP contribution in [0.1, 0.15) is 26.7 Å². The van der Waals surface area contributed by atoms with E-state index in [1.165, 1.54) is 7.11 Å². The van der Waals surface area contributed by atoms with Crippen molar-refractivity contribution in [3.05, 3.63) is 88.6 Å². The Labute approximate surface area is 168 Å². The van der Waals surface area contributed by atoms with Gasteiger partial charge in [0.15, 0.2) is 0 Å². The molecule has 1 aliphatic heterocycles. The van der Waals surface area contributed by atoms with Crippen molar-refractivity contribution in [2.75, 3.05) is 14.2 Å². The van der Waals surface area contributed by atoms with Crippen LogP contribution in [-0.2, 0) is 5.60 Å². The van der Waals surface area contributed by atoms with E-state index in [1.807, 2.05) is 47.8 Å². The molecule has 5 heteroatoms. The van der Waals surface area contributed by atoms with Gasteiger partial charge in [0.2, 0.25) is 11.4 Å². The number of hydrogen-bond acceptors (Lipinski definition) is 5. The summed E-state index contributed by atoms with van der Waals surface area (Å²) in [7, 11) is 3.11. The Balaban J connectivity index is 1.98. The van der Waals surface area contributed by atoms with Gasteiger partial charge in [-0.05, 0) is 11.4 Å². The molecule has 0 fully saturated rings. The number of fused-ring (bicyclic) bond motifs is 1. The summed E-state index contributed by atoms with van der Waals surface area (Å²) in [6, 6.07) is 17.0. The van der Waals surface area contributed by atoms with Crippen molar-refractivity contribution in [2.45, 2.75) is 11.5 Å². The third-order valence-electron chi connectivity index (χ3n) is 5.06. The van der Waals surface area contributed by atoms with Crippen molar-refractivity contribution in [2.24, 2.45) is 0 Å². The zero-order valence-corrected chi connectivity index (χ0v) is 16.5. The topological polar surface area (TPSA) is 44.8 Å². The predicted octanol–water partition coefficient (Wildman–Crippen LogP) is 5.21.